The van der Waals surface area contributed by atoms with Crippen LogP contribution in [0.2, 0.25) is 0 Å². The van der Waals surface area contributed by atoms with Gasteiger partial charge in [0, 0.05) is 0 Å². The van der Waals surface area contributed by atoms with Crippen LogP contribution in [0.5, 0.6) is 11.5 Å². The Morgan fingerprint density at radius 1 is 0.662 bits per heavy atom. The maximum absolute atomic E-state index is 14.3. The van der Waals surface area contributed by atoms with Gasteiger partial charge in [-0.2, -0.15) is 0 Å². The Kier molecular flexibility index (Phi) is 17.1. The van der Waals surface area contributed by atoms with Gasteiger partial charge < -0.3 is 23.7 Å². The predicted octanol–water partition coefficient (Wildman–Crippen LogP) is 6.23. The van der Waals surface area contributed by atoms with E-state index in [4.69, 9.17) is 33.2 Å². The van der Waals surface area contributed by atoms with Crippen LogP contribution in [0, 0.1) is 42.1 Å². The molecule has 0 spiro atoms. The summed E-state index contributed by atoms with van der Waals surface area (Å²) in [5.74, 6) is -0.758. The third kappa shape index (κ3) is 14.0. The van der Waals surface area contributed by atoms with Crippen LogP contribution in [0.1, 0.15) is 98.0 Å². The standard InChI is InChI=1S/C55H68IO12/c1-7-54(5,51(60)63-27-26-62-44-21-16-39-10-8-9-11-40(39)30-44)35-55(6,52(61)66-32-38-15-25-47-48(29-38)67-47)34-53(3,4)50(59)65-31-37-14-24-46(45(57)28-37)68-49(58)33-64-43-22-19-42(20-23-43)56-41-17-12-36(2)13-18-41/h8-13,16-23,30,37-38,45-48,57H,7,14-15,24-29,31-35H2,1-6H3/q-1. The number of ether oxygens (including phenoxy) is 7. The molecule has 0 bridgehead atoms. The number of halogens is 1. The van der Waals surface area contributed by atoms with Gasteiger partial charge in [0.05, 0.1) is 41.7 Å². The third-order valence-electron chi connectivity index (χ3n) is 13.8. The summed E-state index contributed by atoms with van der Waals surface area (Å²) in [5.41, 5.74) is -2.28. The molecule has 12 nitrogen and oxygen atoms in total. The number of fused-ring (bicyclic) bond motifs is 2. The van der Waals surface area contributed by atoms with Gasteiger partial charge >= 0.3 is 182 Å². The van der Waals surface area contributed by atoms with E-state index in [1.54, 1.807) is 27.7 Å². The first-order chi connectivity index (χ1) is 32.5. The minimum atomic E-state index is -1.27. The Balaban J connectivity index is 0.890. The van der Waals surface area contributed by atoms with Crippen molar-refractivity contribution in [3.8, 4) is 11.5 Å². The molecule has 4 aromatic rings. The Morgan fingerprint density at radius 2 is 1.29 bits per heavy atom. The summed E-state index contributed by atoms with van der Waals surface area (Å²) >= 11 is -0.324. The molecule has 3 aliphatic rings. The molecule has 7 rings (SSSR count). The van der Waals surface area contributed by atoms with E-state index >= 15 is 0 Å². The number of esters is 4. The molecule has 368 valence electrons. The van der Waals surface area contributed by atoms with Crippen LogP contribution in [-0.2, 0) is 42.9 Å². The van der Waals surface area contributed by atoms with Crippen molar-refractivity contribution in [2.45, 2.75) is 124 Å². The zero-order valence-corrected chi connectivity index (χ0v) is 42.5. The van der Waals surface area contributed by atoms with Crippen molar-refractivity contribution in [2.24, 2.45) is 28.1 Å². The molecule has 8 atom stereocenters. The largest absolute Gasteiger partial charge is 0.490 e. The molecule has 8 unspecified atom stereocenters. The van der Waals surface area contributed by atoms with E-state index in [2.05, 4.69) is 31.2 Å². The molecule has 0 radical (unpaired) electrons. The quantitative estimate of drug-likeness (QED) is 0.0312. The predicted molar refractivity (Wildman–Crippen MR) is 252 cm³/mol. The molecule has 1 aliphatic heterocycles. The molecule has 3 fully saturated rings. The van der Waals surface area contributed by atoms with Crippen LogP contribution in [0.15, 0.2) is 91.0 Å². The SMILES string of the molecule is CCC(C)(CC(C)(CC(C)(C)C(=O)OCC1CCC(OC(=O)COc2ccc([I-]c3ccc(C)cc3)cc2)C(O)C1)C(=O)OCC1CCC2OC2C1)C(=O)OCCOc1ccc2ccccc2c1. The number of rotatable bonds is 22. The summed E-state index contributed by atoms with van der Waals surface area (Å²) in [7, 11) is 0. The van der Waals surface area contributed by atoms with Gasteiger partial charge in [0.25, 0.3) is 0 Å². The minimum Gasteiger partial charge on any atom is -0.490 e. The van der Waals surface area contributed by atoms with Crippen LogP contribution in [0.4, 0.5) is 0 Å². The molecule has 1 saturated heterocycles. The molecule has 1 heterocycles. The van der Waals surface area contributed by atoms with Crippen LogP contribution < -0.4 is 30.7 Å². The molecule has 1 N–H and O–H groups in total. The second kappa shape index (κ2) is 22.8. The summed E-state index contributed by atoms with van der Waals surface area (Å²) in [5, 5.41) is 13.2. The molecule has 13 heteroatoms. The summed E-state index contributed by atoms with van der Waals surface area (Å²) < 4.78 is 43.3. The van der Waals surface area contributed by atoms with Gasteiger partial charge in [-0.1, -0.05) is 37.3 Å². The van der Waals surface area contributed by atoms with Crippen molar-refractivity contribution < 1.29 is 78.6 Å². The van der Waals surface area contributed by atoms with Gasteiger partial charge in [-0.25, -0.2) is 0 Å². The van der Waals surface area contributed by atoms with E-state index < -0.39 is 52.3 Å². The molecule has 2 saturated carbocycles. The van der Waals surface area contributed by atoms with Crippen molar-refractivity contribution >= 4 is 34.6 Å². The van der Waals surface area contributed by atoms with E-state index in [1.807, 2.05) is 73.7 Å². The van der Waals surface area contributed by atoms with Crippen molar-refractivity contribution in [2.75, 3.05) is 33.0 Å². The fraction of sp³-hybridized carbons (Fsp3) is 0.527. The topological polar surface area (TPSA) is 156 Å². The Labute approximate surface area is 411 Å². The first-order valence-corrected chi connectivity index (χ1v) is 26.3. The number of aryl methyl sites for hydroxylation is 1. The second-order valence-corrected chi connectivity index (χ2v) is 23.2. The van der Waals surface area contributed by atoms with Crippen LogP contribution in [-0.4, -0.2) is 86.4 Å². The first-order valence-electron chi connectivity index (χ1n) is 24.1. The fourth-order valence-corrected chi connectivity index (χ4v) is 11.9. The van der Waals surface area contributed by atoms with E-state index in [-0.39, 0.29) is 91.4 Å². The van der Waals surface area contributed by atoms with Gasteiger partial charge in [0.2, 0.25) is 0 Å². The van der Waals surface area contributed by atoms with Crippen molar-refractivity contribution in [1.29, 1.82) is 0 Å². The molecule has 68 heavy (non-hydrogen) atoms. The number of aliphatic hydroxyl groups excluding tert-OH is 1. The Hall–Kier alpha value is -4.73. The van der Waals surface area contributed by atoms with Crippen molar-refractivity contribution in [3.05, 3.63) is 104 Å². The first kappa shape index (κ1) is 51.1. The van der Waals surface area contributed by atoms with E-state index in [1.165, 1.54) is 12.7 Å². The zero-order valence-electron chi connectivity index (χ0n) is 40.3. The summed E-state index contributed by atoms with van der Waals surface area (Å²) in [6.45, 7) is 11.2. The van der Waals surface area contributed by atoms with Gasteiger partial charge in [-0.3, -0.25) is 14.4 Å². The van der Waals surface area contributed by atoms with Crippen molar-refractivity contribution in [3.63, 3.8) is 0 Å². The maximum Gasteiger partial charge on any atom is 0.311 e. The minimum absolute atomic E-state index is 0.0192. The smallest absolute Gasteiger partial charge is 0.311 e. The third-order valence-corrected chi connectivity index (χ3v) is 16.5. The molecular formula is C55H68IO12-. The number of benzene rings is 4. The Bertz CT molecular complexity index is 2350. The van der Waals surface area contributed by atoms with E-state index in [9.17, 15) is 24.3 Å². The molecule has 2 aliphatic carbocycles. The number of carbonyl (C=O) groups excluding carboxylic acids is 4. The number of hydrogen-bond acceptors (Lipinski definition) is 12. The molecule has 0 amide bonds. The average molecular weight is 1050 g/mol. The number of carbonyl (C=O) groups is 4. The fourth-order valence-electron chi connectivity index (χ4n) is 9.73. The Morgan fingerprint density at radius 3 is 1.99 bits per heavy atom. The average Bonchev–Trinajstić information content (AvgIpc) is 4.11. The summed E-state index contributed by atoms with van der Waals surface area (Å²) in [6.07, 6.45) is 3.35. The molecule has 4 aromatic carbocycles. The monoisotopic (exact) mass is 1050 g/mol. The van der Waals surface area contributed by atoms with Crippen molar-refractivity contribution in [1.82, 2.24) is 0 Å². The summed E-state index contributed by atoms with van der Waals surface area (Å²) in [4.78, 5) is 54.9. The number of epoxide rings is 1. The van der Waals surface area contributed by atoms with Gasteiger partial charge in [-0.15, -0.1) is 0 Å². The van der Waals surface area contributed by atoms with E-state index in [0.29, 0.717) is 36.9 Å². The van der Waals surface area contributed by atoms with Crippen LogP contribution >= 0.6 is 0 Å². The van der Waals surface area contributed by atoms with E-state index in [0.717, 1.165) is 30.0 Å². The number of aliphatic hydroxyl groups is 1. The van der Waals surface area contributed by atoms with Crippen LogP contribution in [0.25, 0.3) is 10.8 Å². The normalized spacial score (nSPS) is 23.0. The van der Waals surface area contributed by atoms with Gasteiger partial charge in [0.15, 0.2) is 0 Å². The molecular weight excluding hydrogens is 979 g/mol. The van der Waals surface area contributed by atoms with Gasteiger partial charge in [0.1, 0.15) is 19.0 Å². The second-order valence-electron chi connectivity index (χ2n) is 20.2. The van der Waals surface area contributed by atoms with Crippen LogP contribution in [0.3, 0.4) is 0 Å². The maximum atomic E-state index is 14.3. The molecule has 0 aromatic heterocycles. The van der Waals surface area contributed by atoms with Gasteiger partial charge in [-0.05, 0) is 95.0 Å². The number of hydrogen-bond donors (Lipinski definition) is 1. The summed E-state index contributed by atoms with van der Waals surface area (Å²) in [6, 6.07) is 30.1. The zero-order chi connectivity index (χ0) is 48.5.